The molecule has 2 N–H and O–H groups in total. The summed E-state index contributed by atoms with van der Waals surface area (Å²) >= 11 is 1.56. The predicted octanol–water partition coefficient (Wildman–Crippen LogP) is 1.74. The third-order valence-corrected chi connectivity index (χ3v) is 8.32. The number of rotatable bonds is 6. The molecule has 6 rings (SSSR count). The standard InChI is InChI=1S/C23H27N3O4S/c27-20(24-14-7-8-14)17-16-9-10-23(30-16)18(17)22(29)26(12-15-6-3-11-31-15)19(23)21(28)25-13-4-1-2-5-13/h3,6,9-11,13-14,16-19H,1-2,4-5,7-8,12H2,(H,24,27)(H,25,28)/t16-,17+,18+,19+,23+/m1/s1. The fourth-order valence-electron chi connectivity index (χ4n) is 5.88. The molecule has 1 aromatic heterocycles. The van der Waals surface area contributed by atoms with Crippen LogP contribution in [0.3, 0.4) is 0 Å². The molecule has 2 aliphatic carbocycles. The molecule has 0 aromatic carbocycles. The van der Waals surface area contributed by atoms with Crippen LogP contribution in [-0.4, -0.2) is 52.5 Å². The lowest BCUT2D eigenvalue weighted by atomic mass is 9.74. The quantitative estimate of drug-likeness (QED) is 0.659. The molecule has 5 atom stereocenters. The van der Waals surface area contributed by atoms with Crippen molar-refractivity contribution in [3.8, 4) is 0 Å². The van der Waals surface area contributed by atoms with Gasteiger partial charge in [-0.3, -0.25) is 14.4 Å². The van der Waals surface area contributed by atoms with E-state index in [0.29, 0.717) is 6.54 Å². The Kier molecular flexibility index (Phi) is 4.51. The van der Waals surface area contributed by atoms with E-state index in [-0.39, 0.29) is 29.8 Å². The molecule has 1 spiro atoms. The van der Waals surface area contributed by atoms with Crippen LogP contribution in [0.2, 0.25) is 0 Å². The molecule has 7 nitrogen and oxygen atoms in total. The van der Waals surface area contributed by atoms with Gasteiger partial charge in [0.15, 0.2) is 0 Å². The van der Waals surface area contributed by atoms with Gasteiger partial charge in [0.1, 0.15) is 11.6 Å². The molecule has 4 heterocycles. The van der Waals surface area contributed by atoms with Crippen LogP contribution in [0.15, 0.2) is 29.7 Å². The van der Waals surface area contributed by atoms with Gasteiger partial charge in [0.25, 0.3) is 0 Å². The van der Waals surface area contributed by atoms with Gasteiger partial charge in [0.2, 0.25) is 17.7 Å². The Morgan fingerprint density at radius 2 is 1.87 bits per heavy atom. The van der Waals surface area contributed by atoms with Crippen molar-refractivity contribution in [1.82, 2.24) is 15.5 Å². The van der Waals surface area contributed by atoms with E-state index in [4.69, 9.17) is 4.74 Å². The second-order valence-electron chi connectivity index (χ2n) is 9.52. The molecular weight excluding hydrogens is 414 g/mol. The Hall–Kier alpha value is -2.19. The molecular formula is C23H27N3O4S. The molecule has 8 heteroatoms. The maximum Gasteiger partial charge on any atom is 0.246 e. The number of ether oxygens (including phenoxy) is 1. The number of hydrogen-bond donors (Lipinski definition) is 2. The highest BCUT2D eigenvalue weighted by atomic mass is 32.1. The summed E-state index contributed by atoms with van der Waals surface area (Å²) < 4.78 is 6.35. The first-order valence-corrected chi connectivity index (χ1v) is 12.3. The van der Waals surface area contributed by atoms with E-state index in [9.17, 15) is 14.4 Å². The summed E-state index contributed by atoms with van der Waals surface area (Å²) in [7, 11) is 0. The van der Waals surface area contributed by atoms with Crippen molar-refractivity contribution >= 4 is 29.1 Å². The number of nitrogens with zero attached hydrogens (tertiary/aromatic N) is 1. The highest BCUT2D eigenvalue weighted by Gasteiger charge is 2.72. The van der Waals surface area contributed by atoms with Gasteiger partial charge in [-0.15, -0.1) is 11.3 Å². The fourth-order valence-corrected chi connectivity index (χ4v) is 6.59. The first-order chi connectivity index (χ1) is 15.1. The summed E-state index contributed by atoms with van der Waals surface area (Å²) in [5.74, 6) is -1.66. The van der Waals surface area contributed by atoms with Crippen molar-refractivity contribution in [1.29, 1.82) is 0 Å². The normalized spacial score (nSPS) is 36.3. The van der Waals surface area contributed by atoms with Crippen molar-refractivity contribution < 1.29 is 19.1 Å². The lowest BCUT2D eigenvalue weighted by Crippen LogP contribution is -2.55. The van der Waals surface area contributed by atoms with Gasteiger partial charge < -0.3 is 20.3 Å². The predicted molar refractivity (Wildman–Crippen MR) is 114 cm³/mol. The van der Waals surface area contributed by atoms with E-state index in [1.165, 1.54) is 0 Å². The van der Waals surface area contributed by atoms with E-state index in [1.54, 1.807) is 16.2 Å². The van der Waals surface area contributed by atoms with Gasteiger partial charge in [-0.25, -0.2) is 0 Å². The highest BCUT2D eigenvalue weighted by Crippen LogP contribution is 2.55. The molecule has 2 bridgehead atoms. The third kappa shape index (κ3) is 3.06. The van der Waals surface area contributed by atoms with Crippen LogP contribution in [0.1, 0.15) is 43.4 Å². The molecule has 0 radical (unpaired) electrons. The Balaban J connectivity index is 1.34. The summed E-state index contributed by atoms with van der Waals surface area (Å²) in [6.07, 6.45) is 9.46. The first kappa shape index (κ1) is 19.5. The second kappa shape index (κ2) is 7.17. The molecule has 3 aliphatic heterocycles. The lowest BCUT2D eigenvalue weighted by Gasteiger charge is -2.32. The topological polar surface area (TPSA) is 87.7 Å². The van der Waals surface area contributed by atoms with Crippen molar-refractivity contribution in [3.63, 3.8) is 0 Å². The van der Waals surface area contributed by atoms with E-state index < -0.39 is 29.6 Å². The lowest BCUT2D eigenvalue weighted by molar-refractivity contribution is -0.142. The molecule has 1 aromatic rings. The molecule has 4 fully saturated rings. The van der Waals surface area contributed by atoms with E-state index >= 15 is 0 Å². The molecule has 3 amide bonds. The molecule has 164 valence electrons. The van der Waals surface area contributed by atoms with Gasteiger partial charge in [-0.1, -0.05) is 31.1 Å². The number of carbonyl (C=O) groups excluding carboxylic acids is 3. The molecule has 5 aliphatic rings. The second-order valence-corrected chi connectivity index (χ2v) is 10.6. The van der Waals surface area contributed by atoms with Crippen LogP contribution in [0, 0.1) is 11.8 Å². The van der Waals surface area contributed by atoms with Crippen LogP contribution >= 0.6 is 11.3 Å². The number of nitrogens with one attached hydrogen (secondary N) is 2. The van der Waals surface area contributed by atoms with Crippen molar-refractivity contribution in [2.24, 2.45) is 11.8 Å². The van der Waals surface area contributed by atoms with Gasteiger partial charge in [0.05, 0.1) is 24.5 Å². The largest absolute Gasteiger partial charge is 0.359 e. The summed E-state index contributed by atoms with van der Waals surface area (Å²) in [5.41, 5.74) is -1.06. The number of fused-ring (bicyclic) bond motifs is 1. The van der Waals surface area contributed by atoms with Gasteiger partial charge in [-0.05, 0) is 37.1 Å². The fraction of sp³-hybridized carbons (Fsp3) is 0.609. The average Bonchev–Trinajstić information content (AvgIpc) is 3.24. The number of amides is 3. The monoisotopic (exact) mass is 441 g/mol. The zero-order valence-corrected chi connectivity index (χ0v) is 18.1. The number of hydrogen-bond acceptors (Lipinski definition) is 5. The zero-order valence-electron chi connectivity index (χ0n) is 17.3. The Morgan fingerprint density at radius 1 is 1.13 bits per heavy atom. The van der Waals surface area contributed by atoms with E-state index in [1.807, 2.05) is 29.7 Å². The van der Waals surface area contributed by atoms with Crippen LogP contribution in [-0.2, 0) is 25.7 Å². The SMILES string of the molecule is O=C(NC1CC1)[C@@H]1[C@H]2C(=O)N(Cc3cccs3)[C@@H](C(=O)NC3CCCC3)[C@]23C=C[C@H]1O3. The minimum atomic E-state index is -1.06. The Labute approximate surface area is 185 Å². The third-order valence-electron chi connectivity index (χ3n) is 7.46. The van der Waals surface area contributed by atoms with Crippen molar-refractivity contribution in [2.45, 2.75) is 74.9 Å². The Bertz CT molecular complexity index is 937. The maximum absolute atomic E-state index is 13.7. The van der Waals surface area contributed by atoms with Gasteiger partial charge in [0, 0.05) is 17.0 Å². The van der Waals surface area contributed by atoms with Crippen LogP contribution in [0.4, 0.5) is 0 Å². The molecule has 31 heavy (non-hydrogen) atoms. The Morgan fingerprint density at radius 3 is 2.58 bits per heavy atom. The van der Waals surface area contributed by atoms with Gasteiger partial charge >= 0.3 is 0 Å². The molecule has 2 saturated heterocycles. The van der Waals surface area contributed by atoms with Crippen LogP contribution in [0.25, 0.3) is 0 Å². The first-order valence-electron chi connectivity index (χ1n) is 11.4. The van der Waals surface area contributed by atoms with E-state index in [2.05, 4.69) is 10.6 Å². The van der Waals surface area contributed by atoms with Crippen molar-refractivity contribution in [2.75, 3.05) is 0 Å². The summed E-state index contributed by atoms with van der Waals surface area (Å²) in [5, 5.41) is 8.20. The van der Waals surface area contributed by atoms with E-state index in [0.717, 1.165) is 43.4 Å². The summed E-state index contributed by atoms with van der Waals surface area (Å²) in [6.45, 7) is 0.357. The van der Waals surface area contributed by atoms with Crippen molar-refractivity contribution in [3.05, 3.63) is 34.5 Å². The molecule has 0 unspecified atom stereocenters. The van der Waals surface area contributed by atoms with Gasteiger partial charge in [-0.2, -0.15) is 0 Å². The van der Waals surface area contributed by atoms with Crippen LogP contribution in [0.5, 0.6) is 0 Å². The zero-order chi connectivity index (χ0) is 21.2. The van der Waals surface area contributed by atoms with Crippen LogP contribution < -0.4 is 10.6 Å². The number of carbonyl (C=O) groups is 3. The summed E-state index contributed by atoms with van der Waals surface area (Å²) in [6, 6.07) is 3.53. The minimum Gasteiger partial charge on any atom is -0.359 e. The highest BCUT2D eigenvalue weighted by molar-refractivity contribution is 7.09. The number of likely N-dealkylation sites (tertiary alicyclic amines) is 1. The summed E-state index contributed by atoms with van der Waals surface area (Å²) in [4.78, 5) is 43.0. The minimum absolute atomic E-state index is 0.120. The smallest absolute Gasteiger partial charge is 0.246 e. The molecule has 2 saturated carbocycles. The number of thiophene rings is 1. The average molecular weight is 442 g/mol. The maximum atomic E-state index is 13.7.